The number of amides is 1. The van der Waals surface area contributed by atoms with Crippen molar-refractivity contribution >= 4 is 5.91 Å². The summed E-state index contributed by atoms with van der Waals surface area (Å²) in [5, 5.41) is 18.4. The van der Waals surface area contributed by atoms with Crippen molar-refractivity contribution in [2.45, 2.75) is 31.5 Å². The minimum absolute atomic E-state index is 0.0816. The van der Waals surface area contributed by atoms with E-state index in [0.717, 1.165) is 12.8 Å². The van der Waals surface area contributed by atoms with Gasteiger partial charge in [0.1, 0.15) is 0 Å². The highest BCUT2D eigenvalue weighted by Gasteiger charge is 2.34. The third-order valence-electron chi connectivity index (χ3n) is 2.77. The molecule has 2 fully saturated rings. The van der Waals surface area contributed by atoms with Crippen LogP contribution in [-0.4, -0.2) is 46.3 Å². The zero-order valence-corrected chi connectivity index (χ0v) is 7.52. The molecule has 13 heavy (non-hydrogen) atoms. The van der Waals surface area contributed by atoms with Gasteiger partial charge in [0.2, 0.25) is 5.91 Å². The summed E-state index contributed by atoms with van der Waals surface area (Å²) in [5.41, 5.74) is 0. The largest absolute Gasteiger partial charge is 0.388 e. The quantitative estimate of drug-likeness (QED) is 0.601. The van der Waals surface area contributed by atoms with Crippen molar-refractivity contribution in [3.05, 3.63) is 0 Å². The number of rotatable bonds is 2. The SMILES string of the molecule is O=C(CC1CC1)N1C[C@@H](O)[C@@H](O)C1. The van der Waals surface area contributed by atoms with E-state index in [1.54, 1.807) is 4.90 Å². The predicted octanol–water partition coefficient (Wildman–Crippen LogP) is -0.650. The van der Waals surface area contributed by atoms with E-state index in [1.165, 1.54) is 0 Å². The van der Waals surface area contributed by atoms with Gasteiger partial charge in [0.05, 0.1) is 12.2 Å². The molecule has 0 aromatic carbocycles. The fourth-order valence-corrected chi connectivity index (χ4v) is 1.67. The summed E-state index contributed by atoms with van der Waals surface area (Å²) in [6.45, 7) is 0.597. The summed E-state index contributed by atoms with van der Waals surface area (Å²) in [7, 11) is 0. The van der Waals surface area contributed by atoms with E-state index < -0.39 is 12.2 Å². The Morgan fingerprint density at radius 2 is 1.77 bits per heavy atom. The molecule has 1 saturated heterocycles. The van der Waals surface area contributed by atoms with Crippen molar-refractivity contribution in [2.75, 3.05) is 13.1 Å². The van der Waals surface area contributed by atoms with Crippen LogP contribution in [0.3, 0.4) is 0 Å². The third kappa shape index (κ3) is 2.00. The van der Waals surface area contributed by atoms with E-state index in [0.29, 0.717) is 25.4 Å². The summed E-state index contributed by atoms with van der Waals surface area (Å²) in [4.78, 5) is 13.1. The zero-order valence-electron chi connectivity index (χ0n) is 7.52. The van der Waals surface area contributed by atoms with Crippen LogP contribution in [0.2, 0.25) is 0 Å². The molecule has 2 aliphatic rings. The first-order valence-corrected chi connectivity index (χ1v) is 4.80. The zero-order chi connectivity index (χ0) is 9.42. The van der Waals surface area contributed by atoms with Crippen molar-refractivity contribution < 1.29 is 15.0 Å². The van der Waals surface area contributed by atoms with Crippen LogP contribution < -0.4 is 0 Å². The van der Waals surface area contributed by atoms with Crippen molar-refractivity contribution in [3.63, 3.8) is 0 Å². The van der Waals surface area contributed by atoms with Crippen LogP contribution in [0.4, 0.5) is 0 Å². The lowest BCUT2D eigenvalue weighted by Crippen LogP contribution is -2.29. The number of aliphatic hydroxyl groups excluding tert-OH is 2. The molecule has 2 N–H and O–H groups in total. The van der Waals surface area contributed by atoms with Crippen LogP contribution >= 0.6 is 0 Å². The molecule has 4 heteroatoms. The van der Waals surface area contributed by atoms with Gasteiger partial charge in [-0.25, -0.2) is 0 Å². The summed E-state index contributed by atoms with van der Waals surface area (Å²) in [5.74, 6) is 0.653. The number of hydrogen-bond donors (Lipinski definition) is 2. The Bertz CT molecular complexity index is 205. The molecule has 1 saturated carbocycles. The van der Waals surface area contributed by atoms with Crippen LogP contribution in [0.25, 0.3) is 0 Å². The Kier molecular flexibility index (Phi) is 2.26. The second-order valence-electron chi connectivity index (χ2n) is 4.08. The maximum absolute atomic E-state index is 11.5. The number of aliphatic hydroxyl groups is 2. The van der Waals surface area contributed by atoms with E-state index in [2.05, 4.69) is 0 Å². The normalized spacial score (nSPS) is 33.8. The van der Waals surface area contributed by atoms with Gasteiger partial charge in [0, 0.05) is 19.5 Å². The van der Waals surface area contributed by atoms with Crippen molar-refractivity contribution in [3.8, 4) is 0 Å². The van der Waals surface area contributed by atoms with E-state index in [9.17, 15) is 15.0 Å². The molecule has 74 valence electrons. The topological polar surface area (TPSA) is 60.8 Å². The van der Waals surface area contributed by atoms with Crippen molar-refractivity contribution in [2.24, 2.45) is 5.92 Å². The standard InChI is InChI=1S/C9H15NO3/c11-7-4-10(5-8(7)12)9(13)3-6-1-2-6/h6-8,11-12H,1-5H2/t7-,8+. The van der Waals surface area contributed by atoms with Crippen LogP contribution in [0.15, 0.2) is 0 Å². The number of likely N-dealkylation sites (tertiary alicyclic amines) is 1. The number of carbonyl (C=O) groups excluding carboxylic acids is 1. The first kappa shape index (κ1) is 8.97. The monoisotopic (exact) mass is 185 g/mol. The van der Waals surface area contributed by atoms with E-state index in [4.69, 9.17) is 0 Å². The number of hydrogen-bond acceptors (Lipinski definition) is 3. The molecule has 0 bridgehead atoms. The number of carbonyl (C=O) groups is 1. The molecule has 2 atom stereocenters. The summed E-state index contributed by atoms with van der Waals surface area (Å²) >= 11 is 0. The molecule has 0 radical (unpaired) electrons. The molecule has 0 unspecified atom stereocenters. The van der Waals surface area contributed by atoms with Gasteiger partial charge in [-0.1, -0.05) is 0 Å². The molecular formula is C9H15NO3. The Morgan fingerprint density at radius 3 is 2.23 bits per heavy atom. The highest BCUT2D eigenvalue weighted by Crippen LogP contribution is 2.33. The molecule has 0 aromatic heterocycles. The molecule has 1 amide bonds. The summed E-state index contributed by atoms with van der Waals surface area (Å²) < 4.78 is 0. The lowest BCUT2D eigenvalue weighted by molar-refractivity contribution is -0.131. The first-order valence-electron chi connectivity index (χ1n) is 4.80. The van der Waals surface area contributed by atoms with E-state index in [-0.39, 0.29) is 5.91 Å². The average Bonchev–Trinajstić information content (AvgIpc) is 2.81. The van der Waals surface area contributed by atoms with Gasteiger partial charge in [-0.3, -0.25) is 4.79 Å². The van der Waals surface area contributed by atoms with Gasteiger partial charge in [0.25, 0.3) is 0 Å². The van der Waals surface area contributed by atoms with Crippen LogP contribution in [0.1, 0.15) is 19.3 Å². The van der Waals surface area contributed by atoms with Crippen LogP contribution in [0.5, 0.6) is 0 Å². The highest BCUT2D eigenvalue weighted by molar-refractivity contribution is 5.77. The summed E-state index contributed by atoms with van der Waals surface area (Å²) in [6.07, 6.45) is 1.42. The number of β-amino-alcohol motifs (C(OH)–C–C–N with tert-alkyl or cyclic N) is 2. The fraction of sp³-hybridized carbons (Fsp3) is 0.889. The fourth-order valence-electron chi connectivity index (χ4n) is 1.67. The molecular weight excluding hydrogens is 170 g/mol. The van der Waals surface area contributed by atoms with Crippen molar-refractivity contribution in [1.82, 2.24) is 4.90 Å². The van der Waals surface area contributed by atoms with Crippen LogP contribution in [0, 0.1) is 5.92 Å². The molecule has 0 spiro atoms. The Balaban J connectivity index is 1.83. The molecule has 1 heterocycles. The average molecular weight is 185 g/mol. The maximum Gasteiger partial charge on any atom is 0.223 e. The minimum Gasteiger partial charge on any atom is -0.388 e. The second kappa shape index (κ2) is 3.27. The second-order valence-corrected chi connectivity index (χ2v) is 4.08. The van der Waals surface area contributed by atoms with Crippen LogP contribution in [-0.2, 0) is 4.79 Å². The molecule has 1 aliphatic carbocycles. The Labute approximate surface area is 77.2 Å². The highest BCUT2D eigenvalue weighted by atomic mass is 16.3. The Morgan fingerprint density at radius 1 is 1.23 bits per heavy atom. The maximum atomic E-state index is 11.5. The van der Waals surface area contributed by atoms with Gasteiger partial charge in [-0.15, -0.1) is 0 Å². The lowest BCUT2D eigenvalue weighted by atomic mass is 10.2. The predicted molar refractivity (Wildman–Crippen MR) is 45.9 cm³/mol. The van der Waals surface area contributed by atoms with Crippen molar-refractivity contribution in [1.29, 1.82) is 0 Å². The molecule has 1 aliphatic heterocycles. The van der Waals surface area contributed by atoms with E-state index in [1.807, 2.05) is 0 Å². The lowest BCUT2D eigenvalue weighted by Gasteiger charge is -2.14. The minimum atomic E-state index is -0.747. The third-order valence-corrected chi connectivity index (χ3v) is 2.77. The smallest absolute Gasteiger partial charge is 0.223 e. The number of nitrogens with zero attached hydrogens (tertiary/aromatic N) is 1. The van der Waals surface area contributed by atoms with Gasteiger partial charge in [-0.2, -0.15) is 0 Å². The van der Waals surface area contributed by atoms with Gasteiger partial charge < -0.3 is 15.1 Å². The summed E-state index contributed by atoms with van der Waals surface area (Å²) in [6, 6.07) is 0. The first-order chi connectivity index (χ1) is 6.16. The molecule has 0 aromatic rings. The van der Waals surface area contributed by atoms with E-state index >= 15 is 0 Å². The van der Waals surface area contributed by atoms with Gasteiger partial charge >= 0.3 is 0 Å². The molecule has 2 rings (SSSR count). The van der Waals surface area contributed by atoms with Gasteiger partial charge in [-0.05, 0) is 18.8 Å². The Hall–Kier alpha value is -0.610. The molecule has 4 nitrogen and oxygen atoms in total. The van der Waals surface area contributed by atoms with Gasteiger partial charge in [0.15, 0.2) is 0 Å².